The number of imidazole rings is 1. The van der Waals surface area contributed by atoms with Crippen molar-refractivity contribution in [3.8, 4) is 21.8 Å². The van der Waals surface area contributed by atoms with Gasteiger partial charge in [0.25, 0.3) is 11.8 Å². The molecule has 2 aromatic heterocycles. The molecule has 0 bridgehead atoms. The monoisotopic (exact) mass is 399 g/mol. The van der Waals surface area contributed by atoms with Crippen LogP contribution in [-0.2, 0) is 6.54 Å². The van der Waals surface area contributed by atoms with Gasteiger partial charge in [-0.3, -0.25) is 14.5 Å². The van der Waals surface area contributed by atoms with Crippen LogP contribution < -0.4 is 0 Å². The zero-order valence-electron chi connectivity index (χ0n) is 15.7. The van der Waals surface area contributed by atoms with Gasteiger partial charge in [0.15, 0.2) is 0 Å². The van der Waals surface area contributed by atoms with Gasteiger partial charge >= 0.3 is 0 Å². The Hall–Kier alpha value is -3.51. The Morgan fingerprint density at radius 1 is 0.966 bits per heavy atom. The van der Waals surface area contributed by atoms with Crippen LogP contribution in [0.15, 0.2) is 67.0 Å². The molecule has 4 aromatic rings. The van der Waals surface area contributed by atoms with Gasteiger partial charge in [-0.1, -0.05) is 24.3 Å². The number of hydrogen-bond acceptors (Lipinski definition) is 4. The van der Waals surface area contributed by atoms with E-state index >= 15 is 0 Å². The van der Waals surface area contributed by atoms with Gasteiger partial charge in [-0.15, -0.1) is 11.3 Å². The Balaban J connectivity index is 1.39. The van der Waals surface area contributed by atoms with Crippen molar-refractivity contribution in [2.45, 2.75) is 13.5 Å². The molecule has 0 unspecified atom stereocenters. The summed E-state index contributed by atoms with van der Waals surface area (Å²) >= 11 is 1.60. The maximum absolute atomic E-state index is 12.6. The van der Waals surface area contributed by atoms with Gasteiger partial charge in [-0.2, -0.15) is 0 Å². The SMILES string of the molecule is Cc1cc(-c2ncc[nH]2)ccc1-c1ccc(CN2C(=O)c3ccccc3C2=O)s1. The molecule has 2 amide bonds. The standard InChI is InChI=1S/C23H17N3O2S/c1-14-12-15(21-24-10-11-25-21)6-8-17(14)20-9-7-16(29-20)13-26-22(27)18-4-2-3-5-19(18)23(26)28/h2-12H,13H2,1H3,(H,24,25). The van der Waals surface area contributed by atoms with E-state index in [-0.39, 0.29) is 11.8 Å². The minimum absolute atomic E-state index is 0.223. The lowest BCUT2D eigenvalue weighted by Crippen LogP contribution is -2.28. The lowest BCUT2D eigenvalue weighted by atomic mass is 10.0. The number of carbonyl (C=O) groups excluding carboxylic acids is 2. The van der Waals surface area contributed by atoms with Crippen molar-refractivity contribution < 1.29 is 9.59 Å². The van der Waals surface area contributed by atoms with Gasteiger partial charge in [0.2, 0.25) is 0 Å². The van der Waals surface area contributed by atoms with Crippen LogP contribution in [0.1, 0.15) is 31.2 Å². The summed E-state index contributed by atoms with van der Waals surface area (Å²) in [7, 11) is 0. The maximum Gasteiger partial charge on any atom is 0.261 e. The second kappa shape index (κ2) is 6.83. The zero-order valence-corrected chi connectivity index (χ0v) is 16.5. The number of amides is 2. The molecule has 2 aromatic carbocycles. The lowest BCUT2D eigenvalue weighted by molar-refractivity contribution is 0.0644. The topological polar surface area (TPSA) is 66.1 Å². The third kappa shape index (κ3) is 2.98. The van der Waals surface area contributed by atoms with Crippen LogP contribution in [0, 0.1) is 6.92 Å². The highest BCUT2D eigenvalue weighted by atomic mass is 32.1. The van der Waals surface area contributed by atoms with Gasteiger partial charge < -0.3 is 4.98 Å². The van der Waals surface area contributed by atoms with E-state index in [2.05, 4.69) is 29.0 Å². The molecule has 0 atom stereocenters. The smallest absolute Gasteiger partial charge is 0.261 e. The number of fused-ring (bicyclic) bond motifs is 1. The largest absolute Gasteiger partial charge is 0.345 e. The van der Waals surface area contributed by atoms with Crippen LogP contribution in [0.5, 0.6) is 0 Å². The number of aryl methyl sites for hydroxylation is 1. The van der Waals surface area contributed by atoms with Gasteiger partial charge in [0.1, 0.15) is 5.82 Å². The van der Waals surface area contributed by atoms with Gasteiger partial charge in [0, 0.05) is 27.7 Å². The van der Waals surface area contributed by atoms with Crippen molar-refractivity contribution in [1.29, 1.82) is 0 Å². The van der Waals surface area contributed by atoms with Crippen LogP contribution in [0.25, 0.3) is 21.8 Å². The van der Waals surface area contributed by atoms with Crippen molar-refractivity contribution in [2.24, 2.45) is 0 Å². The van der Waals surface area contributed by atoms with E-state index in [0.29, 0.717) is 17.7 Å². The molecule has 29 heavy (non-hydrogen) atoms. The minimum atomic E-state index is -0.223. The second-order valence-corrected chi connectivity index (χ2v) is 8.14. The Bertz CT molecular complexity index is 1210. The highest BCUT2D eigenvalue weighted by Gasteiger charge is 2.35. The fraction of sp³-hybridized carbons (Fsp3) is 0.0870. The van der Waals surface area contributed by atoms with E-state index in [9.17, 15) is 9.59 Å². The summed E-state index contributed by atoms with van der Waals surface area (Å²) in [6, 6.07) is 17.3. The van der Waals surface area contributed by atoms with Crippen LogP contribution in [0.3, 0.4) is 0 Å². The molecule has 0 spiro atoms. The molecule has 1 aliphatic rings. The zero-order chi connectivity index (χ0) is 20.0. The number of hydrogen-bond donors (Lipinski definition) is 1. The number of aromatic nitrogens is 2. The molecule has 6 heteroatoms. The molecule has 5 nitrogen and oxygen atoms in total. The summed E-state index contributed by atoms with van der Waals surface area (Å²) in [5, 5.41) is 0. The van der Waals surface area contributed by atoms with Crippen molar-refractivity contribution >= 4 is 23.2 Å². The number of nitrogens with one attached hydrogen (secondary N) is 1. The quantitative estimate of drug-likeness (QED) is 0.496. The summed E-state index contributed by atoms with van der Waals surface area (Å²) in [6.07, 6.45) is 3.55. The highest BCUT2D eigenvalue weighted by Crippen LogP contribution is 2.34. The summed E-state index contributed by atoms with van der Waals surface area (Å²) in [4.78, 5) is 36.0. The number of H-pyrrole nitrogens is 1. The second-order valence-electron chi connectivity index (χ2n) is 6.98. The molecule has 1 aliphatic heterocycles. The molecule has 0 aliphatic carbocycles. The fourth-order valence-electron chi connectivity index (χ4n) is 3.66. The first-order valence-corrected chi connectivity index (χ1v) is 10.1. The molecule has 0 saturated heterocycles. The predicted molar refractivity (Wildman–Crippen MR) is 113 cm³/mol. The predicted octanol–water partition coefficient (Wildman–Crippen LogP) is 4.91. The maximum atomic E-state index is 12.6. The number of benzene rings is 2. The molecular formula is C23H17N3O2S. The summed E-state index contributed by atoms with van der Waals surface area (Å²) in [5.74, 6) is 0.399. The molecule has 0 radical (unpaired) electrons. The average Bonchev–Trinajstić information content (AvgIpc) is 3.47. The third-order valence-electron chi connectivity index (χ3n) is 5.12. The van der Waals surface area contributed by atoms with E-state index in [0.717, 1.165) is 32.3 Å². The molecular weight excluding hydrogens is 382 g/mol. The third-order valence-corrected chi connectivity index (χ3v) is 6.22. The molecule has 5 rings (SSSR count). The fourth-order valence-corrected chi connectivity index (χ4v) is 4.74. The number of nitrogens with zero attached hydrogens (tertiary/aromatic N) is 2. The first-order valence-electron chi connectivity index (χ1n) is 9.26. The summed E-state index contributed by atoms with van der Waals surface area (Å²) in [5.41, 5.74) is 4.29. The lowest BCUT2D eigenvalue weighted by Gasteiger charge is -2.12. The van der Waals surface area contributed by atoms with Crippen LogP contribution in [0.4, 0.5) is 0 Å². The molecule has 0 saturated carbocycles. The van der Waals surface area contributed by atoms with E-state index in [4.69, 9.17) is 0 Å². The van der Waals surface area contributed by atoms with Crippen LogP contribution in [-0.4, -0.2) is 26.7 Å². The van der Waals surface area contributed by atoms with Crippen LogP contribution >= 0.6 is 11.3 Å². The van der Waals surface area contributed by atoms with Crippen molar-refractivity contribution in [3.05, 3.63) is 88.6 Å². The van der Waals surface area contributed by atoms with E-state index in [1.807, 2.05) is 24.4 Å². The van der Waals surface area contributed by atoms with Gasteiger partial charge in [-0.25, -0.2) is 4.98 Å². The Kier molecular flexibility index (Phi) is 4.14. The van der Waals surface area contributed by atoms with Crippen molar-refractivity contribution in [1.82, 2.24) is 14.9 Å². The van der Waals surface area contributed by atoms with Gasteiger partial charge in [0.05, 0.1) is 17.7 Å². The van der Waals surface area contributed by atoms with Crippen LogP contribution in [0.2, 0.25) is 0 Å². The molecule has 1 N–H and O–H groups in total. The highest BCUT2D eigenvalue weighted by molar-refractivity contribution is 7.15. The Morgan fingerprint density at radius 3 is 2.38 bits per heavy atom. The molecule has 142 valence electrons. The number of carbonyl (C=O) groups is 2. The Morgan fingerprint density at radius 2 is 1.72 bits per heavy atom. The minimum Gasteiger partial charge on any atom is -0.345 e. The van der Waals surface area contributed by atoms with E-state index < -0.39 is 0 Å². The number of aromatic amines is 1. The van der Waals surface area contributed by atoms with Gasteiger partial charge in [-0.05, 0) is 48.4 Å². The summed E-state index contributed by atoms with van der Waals surface area (Å²) < 4.78 is 0. The number of imide groups is 1. The number of rotatable bonds is 4. The van der Waals surface area contributed by atoms with Crippen molar-refractivity contribution in [2.75, 3.05) is 0 Å². The Labute approximate surface area is 171 Å². The number of thiophene rings is 1. The summed E-state index contributed by atoms with van der Waals surface area (Å²) in [6.45, 7) is 2.37. The van der Waals surface area contributed by atoms with E-state index in [1.54, 1.807) is 41.8 Å². The normalized spacial score (nSPS) is 13.2. The van der Waals surface area contributed by atoms with Crippen molar-refractivity contribution in [3.63, 3.8) is 0 Å². The first kappa shape index (κ1) is 17.6. The molecule has 3 heterocycles. The van der Waals surface area contributed by atoms with E-state index in [1.165, 1.54) is 4.90 Å². The first-order chi connectivity index (χ1) is 14.1. The average molecular weight is 399 g/mol. The molecule has 0 fully saturated rings.